The second-order valence-corrected chi connectivity index (χ2v) is 7.81. The summed E-state index contributed by atoms with van der Waals surface area (Å²) in [6, 6.07) is 13.4. The molecule has 0 aromatic heterocycles. The number of nitrogens with one attached hydrogen (secondary N) is 1. The number of halogens is 1. The second-order valence-electron chi connectivity index (χ2n) is 6.90. The average molecular weight is 404 g/mol. The Kier molecular flexibility index (Phi) is 5.04. The minimum Gasteiger partial charge on any atom is -0.497 e. The van der Waals surface area contributed by atoms with Gasteiger partial charge in [0.2, 0.25) is 5.91 Å². The molecule has 3 rings (SSSR count). The molecule has 4 nitrogen and oxygen atoms in total. The van der Waals surface area contributed by atoms with E-state index in [1.54, 1.807) is 7.11 Å². The molecule has 132 valence electrons. The van der Waals surface area contributed by atoms with Crippen LogP contribution in [0, 0.1) is 0 Å². The van der Waals surface area contributed by atoms with Crippen molar-refractivity contribution in [3.63, 3.8) is 0 Å². The summed E-state index contributed by atoms with van der Waals surface area (Å²) in [6.45, 7) is 4.07. The highest BCUT2D eigenvalue weighted by atomic mass is 79.9. The first-order valence-corrected chi connectivity index (χ1v) is 9.06. The van der Waals surface area contributed by atoms with Gasteiger partial charge < -0.3 is 14.8 Å². The van der Waals surface area contributed by atoms with Gasteiger partial charge in [-0.2, -0.15) is 0 Å². The number of amides is 1. The molecule has 0 saturated carbocycles. The molecule has 0 aliphatic carbocycles. The maximum Gasteiger partial charge on any atom is 0.224 e. The van der Waals surface area contributed by atoms with E-state index >= 15 is 0 Å². The van der Waals surface area contributed by atoms with Crippen molar-refractivity contribution in [1.29, 1.82) is 0 Å². The number of hydrogen-bond donors (Lipinski definition) is 1. The molecule has 0 spiro atoms. The standard InChI is InChI=1S/C20H22BrNO3/c1-20(2)12-17(16-11-15(24-3)7-8-18(16)25-20)22-19(23)10-13-5-4-6-14(21)9-13/h4-9,11,17H,10,12H2,1-3H3,(H,22,23)/t17-/m1/s1. The number of methoxy groups -OCH3 is 1. The lowest BCUT2D eigenvalue weighted by Crippen LogP contribution is -2.41. The van der Waals surface area contributed by atoms with Gasteiger partial charge in [-0.15, -0.1) is 0 Å². The molecule has 1 aliphatic rings. The zero-order valence-corrected chi connectivity index (χ0v) is 16.2. The van der Waals surface area contributed by atoms with Gasteiger partial charge in [-0.05, 0) is 49.7 Å². The first-order chi connectivity index (χ1) is 11.9. The molecule has 0 bridgehead atoms. The minimum absolute atomic E-state index is 0.00503. The van der Waals surface area contributed by atoms with Gasteiger partial charge in [0.25, 0.3) is 0 Å². The zero-order valence-electron chi connectivity index (χ0n) is 14.6. The Labute approximate surface area is 156 Å². The Bertz CT molecular complexity index is 788. The van der Waals surface area contributed by atoms with Crippen molar-refractivity contribution in [2.75, 3.05) is 7.11 Å². The van der Waals surface area contributed by atoms with E-state index in [0.717, 1.165) is 27.1 Å². The van der Waals surface area contributed by atoms with Gasteiger partial charge in [0.15, 0.2) is 0 Å². The van der Waals surface area contributed by atoms with Crippen LogP contribution in [0.25, 0.3) is 0 Å². The summed E-state index contributed by atoms with van der Waals surface area (Å²) in [5.74, 6) is 1.55. The molecule has 1 heterocycles. The number of carbonyl (C=O) groups excluding carboxylic acids is 1. The predicted octanol–water partition coefficient (Wildman–Crippen LogP) is 4.42. The Morgan fingerprint density at radius 3 is 2.84 bits per heavy atom. The van der Waals surface area contributed by atoms with Gasteiger partial charge in [0.1, 0.15) is 17.1 Å². The summed E-state index contributed by atoms with van der Waals surface area (Å²) >= 11 is 3.44. The lowest BCUT2D eigenvalue weighted by atomic mass is 9.89. The van der Waals surface area contributed by atoms with Crippen molar-refractivity contribution < 1.29 is 14.3 Å². The normalized spacial score (nSPS) is 18.0. The number of benzene rings is 2. The van der Waals surface area contributed by atoms with E-state index < -0.39 is 0 Å². The van der Waals surface area contributed by atoms with Crippen molar-refractivity contribution in [2.45, 2.75) is 38.3 Å². The van der Waals surface area contributed by atoms with Crippen LogP contribution in [-0.2, 0) is 11.2 Å². The number of fused-ring (bicyclic) bond motifs is 1. The minimum atomic E-state index is -0.338. The molecule has 1 aliphatic heterocycles. The summed E-state index contributed by atoms with van der Waals surface area (Å²) in [4.78, 5) is 12.6. The Hall–Kier alpha value is -2.01. The first kappa shape index (κ1) is 17.8. The van der Waals surface area contributed by atoms with E-state index in [-0.39, 0.29) is 17.6 Å². The molecule has 1 atom stereocenters. The number of carbonyl (C=O) groups is 1. The fourth-order valence-corrected chi connectivity index (χ4v) is 3.61. The zero-order chi connectivity index (χ0) is 18.0. The van der Waals surface area contributed by atoms with Gasteiger partial charge in [-0.25, -0.2) is 0 Å². The first-order valence-electron chi connectivity index (χ1n) is 8.27. The fourth-order valence-electron chi connectivity index (χ4n) is 3.17. The van der Waals surface area contributed by atoms with Gasteiger partial charge in [-0.3, -0.25) is 4.79 Å². The molecule has 2 aromatic rings. The number of rotatable bonds is 4. The smallest absolute Gasteiger partial charge is 0.224 e. The van der Waals surface area contributed by atoms with E-state index in [4.69, 9.17) is 9.47 Å². The van der Waals surface area contributed by atoms with Crippen LogP contribution in [-0.4, -0.2) is 18.6 Å². The van der Waals surface area contributed by atoms with Gasteiger partial charge in [0.05, 0.1) is 19.6 Å². The molecule has 0 saturated heterocycles. The van der Waals surface area contributed by atoms with Crippen LogP contribution in [0.4, 0.5) is 0 Å². The van der Waals surface area contributed by atoms with Crippen LogP contribution in [0.15, 0.2) is 46.9 Å². The molecule has 2 aromatic carbocycles. The van der Waals surface area contributed by atoms with Gasteiger partial charge in [0, 0.05) is 16.5 Å². The van der Waals surface area contributed by atoms with Crippen LogP contribution in [0.5, 0.6) is 11.5 Å². The van der Waals surface area contributed by atoms with Crippen LogP contribution < -0.4 is 14.8 Å². The second kappa shape index (κ2) is 7.08. The average Bonchev–Trinajstić information content (AvgIpc) is 2.53. The monoisotopic (exact) mass is 403 g/mol. The van der Waals surface area contributed by atoms with Gasteiger partial charge in [-0.1, -0.05) is 28.1 Å². The summed E-state index contributed by atoms with van der Waals surface area (Å²) in [5, 5.41) is 3.16. The molecule has 25 heavy (non-hydrogen) atoms. The molecule has 1 N–H and O–H groups in total. The van der Waals surface area contributed by atoms with Crippen LogP contribution in [0.1, 0.15) is 37.4 Å². The summed E-state index contributed by atoms with van der Waals surface area (Å²) < 4.78 is 12.3. The van der Waals surface area contributed by atoms with Crippen molar-refractivity contribution in [2.24, 2.45) is 0 Å². The highest BCUT2D eigenvalue weighted by molar-refractivity contribution is 9.10. The molecule has 5 heteroatoms. The summed E-state index contributed by atoms with van der Waals surface area (Å²) in [6.07, 6.45) is 1.05. The molecule has 0 fully saturated rings. The maximum absolute atomic E-state index is 12.6. The third kappa shape index (κ3) is 4.34. The van der Waals surface area contributed by atoms with Crippen LogP contribution in [0.2, 0.25) is 0 Å². The van der Waals surface area contributed by atoms with Crippen molar-refractivity contribution in [3.05, 3.63) is 58.1 Å². The quantitative estimate of drug-likeness (QED) is 0.821. The summed E-state index contributed by atoms with van der Waals surface area (Å²) in [5.41, 5.74) is 1.60. The summed E-state index contributed by atoms with van der Waals surface area (Å²) in [7, 11) is 1.64. The topological polar surface area (TPSA) is 47.6 Å². The third-order valence-electron chi connectivity index (χ3n) is 4.26. The van der Waals surface area contributed by atoms with E-state index in [1.807, 2.05) is 56.3 Å². The largest absolute Gasteiger partial charge is 0.497 e. The Morgan fingerprint density at radius 1 is 1.32 bits per heavy atom. The number of hydrogen-bond acceptors (Lipinski definition) is 3. The Morgan fingerprint density at radius 2 is 2.12 bits per heavy atom. The van der Waals surface area contributed by atoms with E-state index in [2.05, 4.69) is 21.2 Å². The maximum atomic E-state index is 12.6. The SMILES string of the molecule is COc1ccc2c(c1)[C@H](NC(=O)Cc1cccc(Br)c1)CC(C)(C)O2. The third-order valence-corrected chi connectivity index (χ3v) is 4.76. The van der Waals surface area contributed by atoms with E-state index in [9.17, 15) is 4.79 Å². The number of ether oxygens (including phenoxy) is 2. The lowest BCUT2D eigenvalue weighted by molar-refractivity contribution is -0.121. The molecular formula is C20H22BrNO3. The molecule has 1 amide bonds. The predicted molar refractivity (Wildman–Crippen MR) is 101 cm³/mol. The molecular weight excluding hydrogens is 382 g/mol. The van der Waals surface area contributed by atoms with Crippen molar-refractivity contribution in [3.8, 4) is 11.5 Å². The van der Waals surface area contributed by atoms with Crippen LogP contribution in [0.3, 0.4) is 0 Å². The highest BCUT2D eigenvalue weighted by Gasteiger charge is 2.34. The molecule has 0 radical (unpaired) electrons. The van der Waals surface area contributed by atoms with Crippen LogP contribution >= 0.6 is 15.9 Å². The van der Waals surface area contributed by atoms with Gasteiger partial charge >= 0.3 is 0 Å². The van der Waals surface area contributed by atoms with Crippen molar-refractivity contribution in [1.82, 2.24) is 5.32 Å². The fraction of sp³-hybridized carbons (Fsp3) is 0.350. The van der Waals surface area contributed by atoms with Crippen molar-refractivity contribution >= 4 is 21.8 Å². The Balaban J connectivity index is 1.80. The van der Waals surface area contributed by atoms with E-state index in [1.165, 1.54) is 0 Å². The van der Waals surface area contributed by atoms with E-state index in [0.29, 0.717) is 12.8 Å². The lowest BCUT2D eigenvalue weighted by Gasteiger charge is -2.38. The molecule has 0 unspecified atom stereocenters. The highest BCUT2D eigenvalue weighted by Crippen LogP contribution is 2.41.